The molecule has 8 nitrogen and oxygen atoms in total. The zero-order valence-corrected chi connectivity index (χ0v) is 28.9. The van der Waals surface area contributed by atoms with Crippen LogP contribution in [0.2, 0.25) is 5.02 Å². The number of rotatable bonds is 13. The molecule has 5 rings (SSSR count). The second-order valence-corrected chi connectivity index (χ2v) is 14.5. The molecule has 0 heterocycles. The molecular weight excluding hydrogens is 646 g/mol. The zero-order chi connectivity index (χ0) is 34.1. The van der Waals surface area contributed by atoms with Crippen LogP contribution in [0.5, 0.6) is 5.75 Å². The Morgan fingerprint density at radius 3 is 2.17 bits per heavy atom. The van der Waals surface area contributed by atoms with Crippen LogP contribution in [0.15, 0.2) is 108 Å². The monoisotopic (exact) mass is 687 g/mol. The molecule has 1 saturated carbocycles. The highest BCUT2D eigenvalue weighted by atomic mass is 35.5. The van der Waals surface area contributed by atoms with Gasteiger partial charge < -0.3 is 15.0 Å². The van der Waals surface area contributed by atoms with Gasteiger partial charge in [0.15, 0.2) is 0 Å². The van der Waals surface area contributed by atoms with Gasteiger partial charge in [0, 0.05) is 24.0 Å². The molecule has 10 heteroatoms. The Labute approximate surface area is 288 Å². The first kappa shape index (κ1) is 35.0. The molecule has 1 N–H and O–H groups in total. The topological polar surface area (TPSA) is 96.0 Å². The van der Waals surface area contributed by atoms with Crippen molar-refractivity contribution in [1.29, 1.82) is 0 Å². The van der Waals surface area contributed by atoms with Crippen molar-refractivity contribution in [3.63, 3.8) is 0 Å². The Hall–Kier alpha value is -4.34. The first-order valence-electron chi connectivity index (χ1n) is 16.3. The number of nitrogens with one attached hydrogen (secondary N) is 1. The largest absolute Gasteiger partial charge is 0.497 e. The highest BCUT2D eigenvalue weighted by Gasteiger charge is 2.35. The number of amides is 2. The summed E-state index contributed by atoms with van der Waals surface area (Å²) in [5, 5.41) is 3.67. The van der Waals surface area contributed by atoms with Crippen LogP contribution in [-0.4, -0.2) is 50.9 Å². The van der Waals surface area contributed by atoms with Gasteiger partial charge in [0.1, 0.15) is 18.3 Å². The van der Waals surface area contributed by atoms with Gasteiger partial charge in [-0.2, -0.15) is 0 Å². The lowest BCUT2D eigenvalue weighted by Crippen LogP contribution is -2.55. The predicted octanol–water partition coefficient (Wildman–Crippen LogP) is 6.94. The summed E-state index contributed by atoms with van der Waals surface area (Å²) in [6.45, 7) is 1.38. The lowest BCUT2D eigenvalue weighted by Gasteiger charge is -2.35. The van der Waals surface area contributed by atoms with E-state index in [0.717, 1.165) is 47.5 Å². The molecule has 0 spiro atoms. The SMILES string of the molecule is COc1ccc(S(=O)(=O)N(CC(=O)N(Cc2ccccc2Cl)[C@@H](Cc2ccccc2)C(=O)NC2CCCCC2)c2ccc(C)cc2)cc1. The minimum absolute atomic E-state index is 0.00482. The van der Waals surface area contributed by atoms with Gasteiger partial charge in [-0.15, -0.1) is 0 Å². The third kappa shape index (κ3) is 8.76. The summed E-state index contributed by atoms with van der Waals surface area (Å²) in [7, 11) is -2.72. The quantitative estimate of drug-likeness (QED) is 0.164. The lowest BCUT2D eigenvalue weighted by molar-refractivity contribution is -0.140. The fourth-order valence-electron chi connectivity index (χ4n) is 6.02. The van der Waals surface area contributed by atoms with Gasteiger partial charge in [0.25, 0.3) is 10.0 Å². The van der Waals surface area contributed by atoms with Crippen LogP contribution in [-0.2, 0) is 32.6 Å². The molecule has 1 atom stereocenters. The Kier molecular flexibility index (Phi) is 11.8. The number of hydrogen-bond donors (Lipinski definition) is 1. The van der Waals surface area contributed by atoms with E-state index in [1.165, 1.54) is 24.1 Å². The van der Waals surface area contributed by atoms with Crippen molar-refractivity contribution in [3.05, 3.63) is 125 Å². The molecule has 0 unspecified atom stereocenters. The molecule has 4 aromatic rings. The smallest absolute Gasteiger partial charge is 0.264 e. The van der Waals surface area contributed by atoms with E-state index in [0.29, 0.717) is 22.0 Å². The van der Waals surface area contributed by atoms with Crippen molar-refractivity contribution in [2.45, 2.75) is 69.0 Å². The van der Waals surface area contributed by atoms with Gasteiger partial charge >= 0.3 is 0 Å². The van der Waals surface area contributed by atoms with E-state index >= 15 is 0 Å². The van der Waals surface area contributed by atoms with Crippen molar-refractivity contribution in [2.24, 2.45) is 0 Å². The lowest BCUT2D eigenvalue weighted by atomic mass is 9.94. The van der Waals surface area contributed by atoms with Crippen molar-refractivity contribution < 1.29 is 22.7 Å². The number of ether oxygens (including phenoxy) is 1. The molecule has 0 radical (unpaired) electrons. The summed E-state index contributed by atoms with van der Waals surface area (Å²) >= 11 is 6.61. The van der Waals surface area contributed by atoms with E-state index in [1.807, 2.05) is 49.4 Å². The van der Waals surface area contributed by atoms with Crippen LogP contribution in [0.4, 0.5) is 5.69 Å². The highest BCUT2D eigenvalue weighted by molar-refractivity contribution is 7.92. The fraction of sp³-hybridized carbons (Fsp3) is 0.316. The number of benzene rings is 4. The number of sulfonamides is 1. The standard InChI is InChI=1S/C38H42ClN3O5S/c1-28-17-19-32(20-18-28)42(48(45,46)34-23-21-33(47-2)22-24-34)27-37(43)41(26-30-13-9-10-16-35(30)39)36(25-29-11-5-3-6-12-29)38(44)40-31-14-7-4-8-15-31/h3,5-6,9-13,16-24,31,36H,4,7-8,14-15,25-27H2,1-2H3,(H,40,44)/t36-/m0/s1. The van der Waals surface area contributed by atoms with Crippen LogP contribution >= 0.6 is 11.6 Å². The molecule has 1 aliphatic rings. The Balaban J connectivity index is 1.56. The molecule has 2 amide bonds. The summed E-state index contributed by atoms with van der Waals surface area (Å²) in [5.74, 6) is -0.302. The molecule has 1 fully saturated rings. The number of halogens is 1. The third-order valence-corrected chi connectivity index (χ3v) is 10.9. The van der Waals surface area contributed by atoms with Crippen molar-refractivity contribution in [3.8, 4) is 5.75 Å². The van der Waals surface area contributed by atoms with Gasteiger partial charge in [-0.1, -0.05) is 97.1 Å². The molecular formula is C38H42ClN3O5S. The molecule has 48 heavy (non-hydrogen) atoms. The van der Waals surface area contributed by atoms with Crippen LogP contribution in [0, 0.1) is 6.92 Å². The molecule has 0 aliphatic heterocycles. The fourth-order valence-corrected chi connectivity index (χ4v) is 7.63. The molecule has 4 aromatic carbocycles. The van der Waals surface area contributed by atoms with Crippen molar-refractivity contribution >= 4 is 39.1 Å². The first-order valence-corrected chi connectivity index (χ1v) is 18.1. The second kappa shape index (κ2) is 16.2. The summed E-state index contributed by atoms with van der Waals surface area (Å²) in [6, 6.07) is 28.8. The maximum Gasteiger partial charge on any atom is 0.264 e. The van der Waals surface area contributed by atoms with E-state index in [2.05, 4.69) is 5.32 Å². The number of anilines is 1. The van der Waals surface area contributed by atoms with Gasteiger partial charge in [-0.3, -0.25) is 13.9 Å². The Morgan fingerprint density at radius 2 is 1.52 bits per heavy atom. The average Bonchev–Trinajstić information content (AvgIpc) is 3.10. The molecule has 0 bridgehead atoms. The van der Waals surface area contributed by atoms with Gasteiger partial charge in [0.2, 0.25) is 11.8 Å². The second-order valence-electron chi connectivity index (χ2n) is 12.2. The average molecular weight is 688 g/mol. The normalized spacial score (nSPS) is 14.1. The maximum absolute atomic E-state index is 14.7. The summed E-state index contributed by atoms with van der Waals surface area (Å²) in [5.41, 5.74) is 2.79. The van der Waals surface area contributed by atoms with Gasteiger partial charge in [-0.25, -0.2) is 8.42 Å². The predicted molar refractivity (Wildman–Crippen MR) is 190 cm³/mol. The summed E-state index contributed by atoms with van der Waals surface area (Å²) in [4.78, 5) is 30.4. The maximum atomic E-state index is 14.7. The molecule has 1 aliphatic carbocycles. The van der Waals surface area contributed by atoms with Crippen molar-refractivity contribution in [1.82, 2.24) is 10.2 Å². The molecule has 0 saturated heterocycles. The summed E-state index contributed by atoms with van der Waals surface area (Å²) in [6.07, 6.45) is 5.20. The van der Waals surface area contributed by atoms with E-state index in [4.69, 9.17) is 16.3 Å². The molecule has 0 aromatic heterocycles. The molecule has 252 valence electrons. The van der Waals surface area contributed by atoms with E-state index in [9.17, 15) is 18.0 Å². The van der Waals surface area contributed by atoms with Crippen LogP contribution in [0.1, 0.15) is 48.8 Å². The van der Waals surface area contributed by atoms with Crippen LogP contribution < -0.4 is 14.4 Å². The van der Waals surface area contributed by atoms with Crippen molar-refractivity contribution in [2.75, 3.05) is 18.0 Å². The third-order valence-electron chi connectivity index (χ3n) is 8.77. The minimum atomic E-state index is -4.23. The number of nitrogens with zero attached hydrogens (tertiary/aromatic N) is 2. The number of aryl methyl sites for hydroxylation is 1. The number of carbonyl (C=O) groups excluding carboxylic acids is 2. The van der Waals surface area contributed by atoms with Gasteiger partial charge in [-0.05, 0) is 73.4 Å². The number of carbonyl (C=O) groups is 2. The Bertz CT molecular complexity index is 1780. The van der Waals surface area contributed by atoms with E-state index in [-0.39, 0.29) is 29.8 Å². The van der Waals surface area contributed by atoms with E-state index < -0.39 is 28.5 Å². The summed E-state index contributed by atoms with van der Waals surface area (Å²) < 4.78 is 34.9. The van der Waals surface area contributed by atoms with E-state index in [1.54, 1.807) is 48.5 Å². The first-order chi connectivity index (χ1) is 23.2. The minimum Gasteiger partial charge on any atom is -0.497 e. The highest BCUT2D eigenvalue weighted by Crippen LogP contribution is 2.28. The number of hydrogen-bond acceptors (Lipinski definition) is 5. The Morgan fingerprint density at radius 1 is 0.875 bits per heavy atom. The van der Waals surface area contributed by atoms with Gasteiger partial charge in [0.05, 0.1) is 17.7 Å². The number of methoxy groups -OCH3 is 1. The van der Waals surface area contributed by atoms with Crippen LogP contribution in [0.3, 0.4) is 0 Å². The van der Waals surface area contributed by atoms with Crippen LogP contribution in [0.25, 0.3) is 0 Å². The zero-order valence-electron chi connectivity index (χ0n) is 27.3.